The molecule has 4 heteroatoms. The van der Waals surface area contributed by atoms with Crippen LogP contribution >= 0.6 is 0 Å². The van der Waals surface area contributed by atoms with Crippen LogP contribution in [-0.4, -0.2) is 16.7 Å². The number of hydrogen-bond acceptors (Lipinski definition) is 4. The Labute approximate surface area is 120 Å². The lowest BCUT2D eigenvalue weighted by molar-refractivity contribution is 0.372. The number of nitrogens with zero attached hydrogens (tertiary/aromatic N) is 2. The van der Waals surface area contributed by atoms with Gasteiger partial charge in [-0.15, -0.1) is 0 Å². The minimum atomic E-state index is 0.325. The van der Waals surface area contributed by atoms with Crippen molar-refractivity contribution in [1.82, 2.24) is 15.5 Å². The number of benzene rings is 1. The molecule has 1 N–H and O–H groups in total. The van der Waals surface area contributed by atoms with Crippen molar-refractivity contribution in [2.24, 2.45) is 5.92 Å². The van der Waals surface area contributed by atoms with E-state index in [-0.39, 0.29) is 0 Å². The van der Waals surface area contributed by atoms with Crippen molar-refractivity contribution in [2.75, 3.05) is 6.54 Å². The van der Waals surface area contributed by atoms with E-state index < -0.39 is 0 Å². The summed E-state index contributed by atoms with van der Waals surface area (Å²) in [6, 6.07) is 9.20. The molecule has 1 aromatic carbocycles. The van der Waals surface area contributed by atoms with Gasteiger partial charge in [0.1, 0.15) is 0 Å². The number of aromatic nitrogens is 2. The van der Waals surface area contributed by atoms with E-state index >= 15 is 0 Å². The normalized spacial score (nSPS) is 12.8. The van der Waals surface area contributed by atoms with Gasteiger partial charge in [-0.05, 0) is 30.4 Å². The van der Waals surface area contributed by atoms with Gasteiger partial charge in [-0.3, -0.25) is 0 Å². The van der Waals surface area contributed by atoms with Gasteiger partial charge >= 0.3 is 0 Å². The Morgan fingerprint density at radius 2 is 1.90 bits per heavy atom. The van der Waals surface area contributed by atoms with Crippen LogP contribution in [0, 0.1) is 5.92 Å². The fourth-order valence-electron chi connectivity index (χ4n) is 2.23. The van der Waals surface area contributed by atoms with E-state index in [2.05, 4.69) is 60.5 Å². The predicted molar refractivity (Wildman–Crippen MR) is 79.4 cm³/mol. The van der Waals surface area contributed by atoms with Crippen molar-refractivity contribution in [3.8, 4) is 0 Å². The highest BCUT2D eigenvalue weighted by Gasteiger charge is 2.06. The highest BCUT2D eigenvalue weighted by atomic mass is 16.5. The smallest absolute Gasteiger partial charge is 0.227 e. The molecule has 20 heavy (non-hydrogen) atoms. The highest BCUT2D eigenvalue weighted by molar-refractivity contribution is 5.25. The highest BCUT2D eigenvalue weighted by Crippen LogP contribution is 2.15. The molecule has 1 aromatic heterocycles. The summed E-state index contributed by atoms with van der Waals surface area (Å²) in [6.45, 7) is 7.49. The number of nitrogens with one attached hydrogen (secondary N) is 1. The molecule has 0 bridgehead atoms. The molecule has 0 saturated carbocycles. The third kappa shape index (κ3) is 4.46. The van der Waals surface area contributed by atoms with Crippen LogP contribution < -0.4 is 5.32 Å². The van der Waals surface area contributed by atoms with E-state index in [4.69, 9.17) is 4.52 Å². The molecule has 1 unspecified atom stereocenters. The van der Waals surface area contributed by atoms with Crippen LogP contribution in [0.3, 0.4) is 0 Å². The van der Waals surface area contributed by atoms with E-state index in [1.807, 2.05) is 0 Å². The molecule has 0 saturated heterocycles. The van der Waals surface area contributed by atoms with Crippen LogP contribution in [0.25, 0.3) is 0 Å². The maximum atomic E-state index is 4.97. The zero-order valence-electron chi connectivity index (χ0n) is 12.5. The number of hydrogen-bond donors (Lipinski definition) is 1. The Hall–Kier alpha value is -1.68. The quantitative estimate of drug-likeness (QED) is 0.842. The van der Waals surface area contributed by atoms with Crippen molar-refractivity contribution in [3.05, 3.63) is 47.6 Å². The average molecular weight is 273 g/mol. The molecule has 0 amide bonds. The molecular formula is C16H23N3O. The molecule has 0 fully saturated rings. The van der Waals surface area contributed by atoms with Crippen molar-refractivity contribution >= 4 is 0 Å². The Bertz CT molecular complexity index is 491. The first-order chi connectivity index (χ1) is 9.65. The van der Waals surface area contributed by atoms with Crippen molar-refractivity contribution < 1.29 is 4.52 Å². The molecular weight excluding hydrogens is 250 g/mol. The van der Waals surface area contributed by atoms with E-state index in [0.29, 0.717) is 17.9 Å². The van der Waals surface area contributed by atoms with Gasteiger partial charge in [-0.2, -0.15) is 4.98 Å². The van der Waals surface area contributed by atoms with E-state index in [9.17, 15) is 0 Å². The predicted octanol–water partition coefficient (Wildman–Crippen LogP) is 3.16. The van der Waals surface area contributed by atoms with Crippen molar-refractivity contribution in [3.63, 3.8) is 0 Å². The van der Waals surface area contributed by atoms with Gasteiger partial charge in [0.2, 0.25) is 5.89 Å². The van der Waals surface area contributed by atoms with Crippen molar-refractivity contribution in [1.29, 1.82) is 0 Å². The zero-order valence-corrected chi connectivity index (χ0v) is 12.5. The van der Waals surface area contributed by atoms with Gasteiger partial charge in [0.15, 0.2) is 6.33 Å². The minimum Gasteiger partial charge on any atom is -0.340 e. The van der Waals surface area contributed by atoms with Gasteiger partial charge in [-0.25, -0.2) is 0 Å². The summed E-state index contributed by atoms with van der Waals surface area (Å²) in [6.07, 6.45) is 3.33. The Balaban J connectivity index is 1.81. The molecule has 0 spiro atoms. The van der Waals surface area contributed by atoms with Gasteiger partial charge in [-0.1, -0.05) is 43.3 Å². The van der Waals surface area contributed by atoms with E-state index in [1.165, 1.54) is 17.5 Å². The monoisotopic (exact) mass is 273 g/mol. The second-order valence-electron chi connectivity index (χ2n) is 5.60. The third-order valence-electron chi connectivity index (χ3n) is 3.32. The lowest BCUT2D eigenvalue weighted by Crippen LogP contribution is -2.21. The lowest BCUT2D eigenvalue weighted by atomic mass is 10.00. The first-order valence-electron chi connectivity index (χ1n) is 7.23. The minimum absolute atomic E-state index is 0.325. The van der Waals surface area contributed by atoms with Crippen LogP contribution in [0.1, 0.15) is 43.8 Å². The maximum Gasteiger partial charge on any atom is 0.227 e. The standard InChI is InChI=1S/C16H23N3O/c1-12(2)10-14-4-6-15(7-5-14)13(3)17-9-8-16-18-11-19-20-16/h4-7,11-13,17H,8-10H2,1-3H3. The van der Waals surface area contributed by atoms with Crippen LogP contribution in [-0.2, 0) is 12.8 Å². The van der Waals surface area contributed by atoms with Crippen LogP contribution in [0.4, 0.5) is 0 Å². The number of rotatable bonds is 7. The molecule has 0 aliphatic carbocycles. The fourth-order valence-corrected chi connectivity index (χ4v) is 2.23. The Kier molecular flexibility index (Phi) is 5.30. The first-order valence-corrected chi connectivity index (χ1v) is 7.23. The van der Waals surface area contributed by atoms with Gasteiger partial charge < -0.3 is 9.84 Å². The average Bonchev–Trinajstić information content (AvgIpc) is 2.92. The van der Waals surface area contributed by atoms with Gasteiger partial charge in [0, 0.05) is 19.0 Å². The van der Waals surface area contributed by atoms with Crippen LogP contribution in [0.5, 0.6) is 0 Å². The summed E-state index contributed by atoms with van der Waals surface area (Å²) >= 11 is 0. The molecule has 2 aromatic rings. The van der Waals surface area contributed by atoms with E-state index in [1.54, 1.807) is 0 Å². The Morgan fingerprint density at radius 1 is 1.15 bits per heavy atom. The summed E-state index contributed by atoms with van der Waals surface area (Å²) < 4.78 is 4.97. The van der Waals surface area contributed by atoms with Gasteiger partial charge in [0.05, 0.1) is 0 Å². The Morgan fingerprint density at radius 3 is 2.50 bits per heavy atom. The third-order valence-corrected chi connectivity index (χ3v) is 3.32. The summed E-state index contributed by atoms with van der Waals surface area (Å²) in [5.74, 6) is 1.38. The van der Waals surface area contributed by atoms with Crippen LogP contribution in [0.2, 0.25) is 0 Å². The molecule has 4 nitrogen and oxygen atoms in total. The van der Waals surface area contributed by atoms with E-state index in [0.717, 1.165) is 19.4 Å². The first kappa shape index (κ1) is 14.7. The second kappa shape index (κ2) is 7.20. The summed E-state index contributed by atoms with van der Waals surface area (Å²) in [7, 11) is 0. The summed E-state index contributed by atoms with van der Waals surface area (Å²) in [4.78, 5) is 4.01. The fraction of sp³-hybridized carbons (Fsp3) is 0.500. The molecule has 1 heterocycles. The van der Waals surface area contributed by atoms with Gasteiger partial charge in [0.25, 0.3) is 0 Å². The molecule has 0 aliphatic rings. The molecule has 108 valence electrons. The SMILES string of the molecule is CC(C)Cc1ccc(C(C)NCCc2ncno2)cc1. The molecule has 2 rings (SSSR count). The molecule has 1 atom stereocenters. The van der Waals surface area contributed by atoms with Crippen molar-refractivity contribution in [2.45, 2.75) is 39.7 Å². The topological polar surface area (TPSA) is 51.0 Å². The maximum absolute atomic E-state index is 4.97. The molecule has 0 radical (unpaired) electrons. The lowest BCUT2D eigenvalue weighted by Gasteiger charge is -2.14. The summed E-state index contributed by atoms with van der Waals surface area (Å²) in [5.41, 5.74) is 2.71. The zero-order chi connectivity index (χ0) is 14.4. The second-order valence-corrected chi connectivity index (χ2v) is 5.60. The largest absolute Gasteiger partial charge is 0.340 e. The summed E-state index contributed by atoms with van der Waals surface area (Å²) in [5, 5.41) is 7.07. The van der Waals surface area contributed by atoms with Crippen LogP contribution in [0.15, 0.2) is 35.1 Å². The molecule has 0 aliphatic heterocycles.